The molecule has 104 valence electrons. The number of ether oxygens (including phenoxy) is 2. The van der Waals surface area contributed by atoms with Gasteiger partial charge in [-0.2, -0.15) is 5.10 Å². The molecular weight excluding hydrogens is 266 g/mol. The van der Waals surface area contributed by atoms with Crippen LogP contribution < -0.4 is 9.47 Å². The Morgan fingerprint density at radius 1 is 0.857 bits per heavy atom. The molecule has 0 unspecified atom stereocenters. The van der Waals surface area contributed by atoms with Gasteiger partial charge in [-0.25, -0.2) is 4.98 Å². The van der Waals surface area contributed by atoms with Gasteiger partial charge in [-0.1, -0.05) is 30.3 Å². The second-order valence-corrected chi connectivity index (χ2v) is 4.73. The fourth-order valence-electron chi connectivity index (χ4n) is 2.30. The molecule has 0 saturated carbocycles. The molecule has 0 bridgehead atoms. The molecular formula is C16H13N3O2. The lowest BCUT2D eigenvalue weighted by molar-refractivity contribution is 0.171. The molecule has 3 aromatic rings. The molecule has 1 aliphatic rings. The third kappa shape index (κ3) is 2.23. The lowest BCUT2D eigenvalue weighted by atomic mass is 10.2. The van der Waals surface area contributed by atoms with Crippen LogP contribution in [0, 0.1) is 0 Å². The Balaban J connectivity index is 1.70. The monoisotopic (exact) mass is 279 g/mol. The van der Waals surface area contributed by atoms with Gasteiger partial charge in [0.1, 0.15) is 13.2 Å². The first-order valence-corrected chi connectivity index (χ1v) is 6.78. The summed E-state index contributed by atoms with van der Waals surface area (Å²) in [4.78, 5) is 4.54. The van der Waals surface area contributed by atoms with E-state index in [1.54, 1.807) is 0 Å². The summed E-state index contributed by atoms with van der Waals surface area (Å²) in [5.74, 6) is 2.90. The molecule has 0 radical (unpaired) electrons. The van der Waals surface area contributed by atoms with Gasteiger partial charge in [-0.3, -0.25) is 5.10 Å². The molecule has 5 heteroatoms. The van der Waals surface area contributed by atoms with Gasteiger partial charge in [0, 0.05) is 11.1 Å². The maximum Gasteiger partial charge on any atom is 0.181 e. The highest BCUT2D eigenvalue weighted by molar-refractivity contribution is 5.64. The van der Waals surface area contributed by atoms with E-state index < -0.39 is 0 Å². The van der Waals surface area contributed by atoms with Crippen LogP contribution in [-0.4, -0.2) is 28.4 Å². The van der Waals surface area contributed by atoms with E-state index in [-0.39, 0.29) is 0 Å². The zero-order chi connectivity index (χ0) is 14.1. The highest BCUT2D eigenvalue weighted by Gasteiger charge is 2.14. The first kappa shape index (κ1) is 12.0. The van der Waals surface area contributed by atoms with E-state index >= 15 is 0 Å². The molecule has 2 heterocycles. The molecule has 1 aliphatic heterocycles. The second-order valence-electron chi connectivity index (χ2n) is 4.73. The molecule has 2 aromatic carbocycles. The molecule has 1 N–H and O–H groups in total. The summed E-state index contributed by atoms with van der Waals surface area (Å²) in [6.45, 7) is 1.16. The number of benzene rings is 2. The fraction of sp³-hybridized carbons (Fsp3) is 0.125. The van der Waals surface area contributed by atoms with Gasteiger partial charge < -0.3 is 9.47 Å². The molecule has 0 spiro atoms. The van der Waals surface area contributed by atoms with Crippen molar-refractivity contribution in [2.75, 3.05) is 13.2 Å². The summed E-state index contributed by atoms with van der Waals surface area (Å²) >= 11 is 0. The Kier molecular flexibility index (Phi) is 2.81. The summed E-state index contributed by atoms with van der Waals surface area (Å²) in [5, 5.41) is 7.25. The topological polar surface area (TPSA) is 60.0 Å². The van der Waals surface area contributed by atoms with Crippen molar-refractivity contribution in [1.82, 2.24) is 15.2 Å². The molecule has 0 amide bonds. The van der Waals surface area contributed by atoms with Crippen molar-refractivity contribution in [2.45, 2.75) is 0 Å². The summed E-state index contributed by atoms with van der Waals surface area (Å²) in [5.41, 5.74) is 1.91. The Bertz CT molecular complexity index is 768. The van der Waals surface area contributed by atoms with Crippen LogP contribution in [0.1, 0.15) is 0 Å². The summed E-state index contributed by atoms with van der Waals surface area (Å²) in [6, 6.07) is 15.6. The largest absolute Gasteiger partial charge is 0.486 e. The van der Waals surface area contributed by atoms with E-state index in [1.807, 2.05) is 48.5 Å². The quantitative estimate of drug-likeness (QED) is 0.783. The Labute approximate surface area is 121 Å². The normalized spacial score (nSPS) is 13.1. The third-order valence-electron chi connectivity index (χ3n) is 3.33. The van der Waals surface area contributed by atoms with Crippen molar-refractivity contribution in [3.63, 3.8) is 0 Å². The zero-order valence-electron chi connectivity index (χ0n) is 11.2. The molecule has 21 heavy (non-hydrogen) atoms. The van der Waals surface area contributed by atoms with Gasteiger partial charge in [0.15, 0.2) is 23.1 Å². The lowest BCUT2D eigenvalue weighted by Crippen LogP contribution is -2.15. The van der Waals surface area contributed by atoms with E-state index in [2.05, 4.69) is 15.2 Å². The second kappa shape index (κ2) is 4.94. The fourth-order valence-corrected chi connectivity index (χ4v) is 2.30. The van der Waals surface area contributed by atoms with Crippen LogP contribution in [0.2, 0.25) is 0 Å². The molecule has 5 nitrogen and oxygen atoms in total. The highest BCUT2D eigenvalue weighted by Crippen LogP contribution is 2.33. The van der Waals surface area contributed by atoms with Crippen LogP contribution in [-0.2, 0) is 0 Å². The minimum absolute atomic E-state index is 0.569. The minimum Gasteiger partial charge on any atom is -0.486 e. The van der Waals surface area contributed by atoms with Gasteiger partial charge in [-0.15, -0.1) is 0 Å². The molecule has 4 rings (SSSR count). The Hall–Kier alpha value is -2.82. The van der Waals surface area contributed by atoms with Crippen molar-refractivity contribution in [2.24, 2.45) is 0 Å². The number of rotatable bonds is 2. The lowest BCUT2D eigenvalue weighted by Gasteiger charge is -2.18. The first-order chi connectivity index (χ1) is 10.4. The van der Waals surface area contributed by atoms with Gasteiger partial charge >= 0.3 is 0 Å². The van der Waals surface area contributed by atoms with Gasteiger partial charge in [0.05, 0.1) is 0 Å². The molecule has 1 aromatic heterocycles. The van der Waals surface area contributed by atoms with Crippen LogP contribution in [0.4, 0.5) is 0 Å². The number of fused-ring (bicyclic) bond motifs is 1. The van der Waals surface area contributed by atoms with Crippen molar-refractivity contribution in [3.8, 4) is 34.3 Å². The first-order valence-electron chi connectivity index (χ1n) is 6.78. The van der Waals surface area contributed by atoms with E-state index in [0.29, 0.717) is 19.0 Å². The number of hydrogen-bond donors (Lipinski definition) is 1. The van der Waals surface area contributed by atoms with E-state index in [1.165, 1.54) is 0 Å². The van der Waals surface area contributed by atoms with Crippen molar-refractivity contribution < 1.29 is 9.47 Å². The van der Waals surface area contributed by atoms with E-state index in [4.69, 9.17) is 9.47 Å². The maximum absolute atomic E-state index is 5.59. The van der Waals surface area contributed by atoms with Crippen LogP contribution in [0.15, 0.2) is 48.5 Å². The Morgan fingerprint density at radius 3 is 2.52 bits per heavy atom. The average molecular weight is 279 g/mol. The van der Waals surface area contributed by atoms with Gasteiger partial charge in [0.25, 0.3) is 0 Å². The predicted octanol–water partition coefficient (Wildman–Crippen LogP) is 2.91. The SMILES string of the molecule is c1ccc(-c2nc(-c3ccc4c(c3)OCCO4)n[nH]2)cc1. The molecule has 0 saturated heterocycles. The number of H-pyrrole nitrogens is 1. The number of aromatic amines is 1. The van der Waals surface area contributed by atoms with Crippen LogP contribution in [0.3, 0.4) is 0 Å². The van der Waals surface area contributed by atoms with Crippen LogP contribution in [0.25, 0.3) is 22.8 Å². The predicted molar refractivity (Wildman–Crippen MR) is 78.2 cm³/mol. The van der Waals surface area contributed by atoms with Crippen LogP contribution in [0.5, 0.6) is 11.5 Å². The smallest absolute Gasteiger partial charge is 0.181 e. The third-order valence-corrected chi connectivity index (χ3v) is 3.33. The zero-order valence-corrected chi connectivity index (χ0v) is 11.2. The van der Waals surface area contributed by atoms with Crippen molar-refractivity contribution in [3.05, 3.63) is 48.5 Å². The number of nitrogens with zero attached hydrogens (tertiary/aromatic N) is 2. The average Bonchev–Trinajstić information content (AvgIpc) is 3.05. The number of aromatic nitrogens is 3. The van der Waals surface area contributed by atoms with Gasteiger partial charge in [-0.05, 0) is 18.2 Å². The maximum atomic E-state index is 5.59. The van der Waals surface area contributed by atoms with E-state index in [0.717, 1.165) is 28.5 Å². The molecule has 0 aliphatic carbocycles. The van der Waals surface area contributed by atoms with Crippen molar-refractivity contribution in [1.29, 1.82) is 0 Å². The van der Waals surface area contributed by atoms with Crippen molar-refractivity contribution >= 4 is 0 Å². The van der Waals surface area contributed by atoms with Crippen LogP contribution >= 0.6 is 0 Å². The summed E-state index contributed by atoms with van der Waals surface area (Å²) in [7, 11) is 0. The highest BCUT2D eigenvalue weighted by atomic mass is 16.6. The standard InChI is InChI=1S/C16H13N3O2/c1-2-4-11(5-3-1)15-17-16(19-18-15)12-6-7-13-14(10-12)21-9-8-20-13/h1-7,10H,8-9H2,(H,17,18,19). The van der Waals surface area contributed by atoms with Gasteiger partial charge in [0.2, 0.25) is 0 Å². The molecule has 0 atom stereocenters. The number of hydrogen-bond acceptors (Lipinski definition) is 4. The Morgan fingerprint density at radius 2 is 1.67 bits per heavy atom. The minimum atomic E-state index is 0.569. The summed E-state index contributed by atoms with van der Waals surface area (Å²) < 4.78 is 11.1. The van der Waals surface area contributed by atoms with E-state index in [9.17, 15) is 0 Å². The summed E-state index contributed by atoms with van der Waals surface area (Å²) in [6.07, 6.45) is 0. The number of nitrogens with one attached hydrogen (secondary N) is 1. The molecule has 0 fully saturated rings.